The third-order valence-electron chi connectivity index (χ3n) is 3.73. The topological polar surface area (TPSA) is 57.6 Å². The van der Waals surface area contributed by atoms with Gasteiger partial charge in [0.25, 0.3) is 11.7 Å². The summed E-state index contributed by atoms with van der Waals surface area (Å²) in [7, 11) is 1.48. The second-order valence-corrected chi connectivity index (χ2v) is 5.22. The Morgan fingerprint density at radius 2 is 1.48 bits per heavy atom. The smallest absolute Gasteiger partial charge is 0.299 e. The molecule has 0 aromatic heterocycles. The number of hydrogen-bond acceptors (Lipinski definition) is 3. The Labute approximate surface area is 134 Å². The molecule has 1 N–H and O–H groups in total. The standard InChI is InChI=1S/C19H15NO3/c1-20-15(12-13-8-4-2-5-9-13)17(21)16(18(22)19(20)23)14-10-6-3-7-11-14/h2-12,21H,1H3/b15-12-. The maximum atomic E-state index is 12.3. The van der Waals surface area contributed by atoms with Gasteiger partial charge < -0.3 is 10.0 Å². The second-order valence-electron chi connectivity index (χ2n) is 5.22. The Kier molecular flexibility index (Phi) is 3.81. The van der Waals surface area contributed by atoms with E-state index >= 15 is 0 Å². The van der Waals surface area contributed by atoms with Gasteiger partial charge in [0.1, 0.15) is 0 Å². The van der Waals surface area contributed by atoms with E-state index in [9.17, 15) is 14.7 Å². The lowest BCUT2D eigenvalue weighted by Gasteiger charge is -2.26. The molecule has 0 bridgehead atoms. The third kappa shape index (κ3) is 2.66. The molecular weight excluding hydrogens is 290 g/mol. The maximum Gasteiger partial charge on any atom is 0.299 e. The summed E-state index contributed by atoms with van der Waals surface area (Å²) in [5, 5.41) is 10.6. The first kappa shape index (κ1) is 14.8. The number of amides is 1. The molecule has 1 heterocycles. The first-order valence-corrected chi connectivity index (χ1v) is 7.17. The lowest BCUT2D eigenvalue weighted by atomic mass is 9.94. The van der Waals surface area contributed by atoms with Crippen molar-refractivity contribution in [2.24, 2.45) is 0 Å². The zero-order valence-electron chi connectivity index (χ0n) is 12.6. The van der Waals surface area contributed by atoms with Crippen molar-refractivity contribution in [1.82, 2.24) is 4.90 Å². The Morgan fingerprint density at radius 1 is 0.913 bits per heavy atom. The molecule has 0 unspecified atom stereocenters. The summed E-state index contributed by atoms with van der Waals surface area (Å²) < 4.78 is 0. The molecule has 0 radical (unpaired) electrons. The molecule has 0 fully saturated rings. The molecule has 0 saturated carbocycles. The number of rotatable bonds is 2. The van der Waals surface area contributed by atoms with Crippen molar-refractivity contribution in [3.05, 3.63) is 83.2 Å². The number of likely N-dealkylation sites (N-methyl/N-ethyl adjacent to an activating group) is 1. The minimum absolute atomic E-state index is 0.0379. The summed E-state index contributed by atoms with van der Waals surface area (Å²) in [6.07, 6.45) is 1.68. The van der Waals surface area contributed by atoms with Gasteiger partial charge in [-0.3, -0.25) is 9.59 Å². The predicted octanol–water partition coefficient (Wildman–Crippen LogP) is 3.04. The third-order valence-corrected chi connectivity index (χ3v) is 3.73. The summed E-state index contributed by atoms with van der Waals surface area (Å²) in [6, 6.07) is 18.0. The summed E-state index contributed by atoms with van der Waals surface area (Å²) in [5.41, 5.74) is 1.70. The molecule has 1 aliphatic heterocycles. The fourth-order valence-corrected chi connectivity index (χ4v) is 2.51. The predicted molar refractivity (Wildman–Crippen MR) is 88.2 cm³/mol. The summed E-state index contributed by atoms with van der Waals surface area (Å²) in [4.78, 5) is 25.7. The van der Waals surface area contributed by atoms with Crippen molar-refractivity contribution in [2.75, 3.05) is 7.05 Å². The van der Waals surface area contributed by atoms with Crippen LogP contribution in [0.25, 0.3) is 11.6 Å². The fourth-order valence-electron chi connectivity index (χ4n) is 2.51. The van der Waals surface area contributed by atoms with Gasteiger partial charge in [-0.25, -0.2) is 0 Å². The largest absolute Gasteiger partial charge is 0.505 e. The van der Waals surface area contributed by atoms with Gasteiger partial charge in [0, 0.05) is 7.05 Å². The van der Waals surface area contributed by atoms with Crippen molar-refractivity contribution in [3.63, 3.8) is 0 Å². The molecule has 23 heavy (non-hydrogen) atoms. The van der Waals surface area contributed by atoms with E-state index in [1.807, 2.05) is 36.4 Å². The maximum absolute atomic E-state index is 12.3. The summed E-state index contributed by atoms with van der Waals surface area (Å²) in [6.45, 7) is 0. The van der Waals surface area contributed by atoms with E-state index in [1.165, 1.54) is 11.9 Å². The molecule has 2 aromatic rings. The van der Waals surface area contributed by atoms with Gasteiger partial charge in [0.2, 0.25) is 0 Å². The van der Waals surface area contributed by atoms with Crippen LogP contribution in [-0.2, 0) is 9.59 Å². The van der Waals surface area contributed by atoms with Crippen LogP contribution in [0, 0.1) is 0 Å². The molecule has 2 aromatic carbocycles. The van der Waals surface area contributed by atoms with Gasteiger partial charge >= 0.3 is 0 Å². The Bertz CT molecular complexity index is 820. The normalized spacial score (nSPS) is 17.1. The van der Waals surface area contributed by atoms with Crippen LogP contribution < -0.4 is 0 Å². The van der Waals surface area contributed by atoms with Gasteiger partial charge in [0.05, 0.1) is 11.3 Å². The van der Waals surface area contributed by atoms with Crippen molar-refractivity contribution in [1.29, 1.82) is 0 Å². The van der Waals surface area contributed by atoms with Crippen molar-refractivity contribution < 1.29 is 14.7 Å². The van der Waals surface area contributed by atoms with Crippen LogP contribution in [0.15, 0.2) is 72.1 Å². The van der Waals surface area contributed by atoms with Crippen LogP contribution in [0.4, 0.5) is 0 Å². The van der Waals surface area contributed by atoms with Crippen LogP contribution >= 0.6 is 0 Å². The number of Topliss-reactive ketones (excluding diaryl/α,β-unsaturated/α-hetero) is 1. The minimum Gasteiger partial charge on any atom is -0.505 e. The number of aliphatic hydroxyl groups excluding tert-OH is 1. The average Bonchev–Trinajstić information content (AvgIpc) is 2.59. The van der Waals surface area contributed by atoms with E-state index in [4.69, 9.17) is 0 Å². The first-order valence-electron chi connectivity index (χ1n) is 7.17. The van der Waals surface area contributed by atoms with E-state index in [0.717, 1.165) is 5.56 Å². The van der Waals surface area contributed by atoms with Gasteiger partial charge in [-0.2, -0.15) is 0 Å². The lowest BCUT2D eigenvalue weighted by Crippen LogP contribution is -2.38. The molecule has 3 rings (SSSR count). The molecule has 1 aliphatic rings. The Balaban J connectivity index is 2.19. The Hall–Kier alpha value is -3.14. The number of nitrogens with zero attached hydrogens (tertiary/aromatic N) is 1. The highest BCUT2D eigenvalue weighted by atomic mass is 16.3. The minimum atomic E-state index is -0.707. The zero-order chi connectivity index (χ0) is 16.4. The van der Waals surface area contributed by atoms with Gasteiger partial charge in [-0.05, 0) is 17.2 Å². The van der Waals surface area contributed by atoms with Crippen LogP contribution in [-0.4, -0.2) is 28.7 Å². The highest BCUT2D eigenvalue weighted by Gasteiger charge is 2.35. The highest BCUT2D eigenvalue weighted by Crippen LogP contribution is 2.31. The van der Waals surface area contributed by atoms with Crippen LogP contribution in [0.2, 0.25) is 0 Å². The van der Waals surface area contributed by atoms with Gasteiger partial charge in [-0.1, -0.05) is 60.7 Å². The number of carbonyl (C=O) groups excluding carboxylic acids is 2. The molecule has 0 atom stereocenters. The number of aliphatic hydroxyl groups is 1. The number of benzene rings is 2. The van der Waals surface area contributed by atoms with Crippen LogP contribution in [0.1, 0.15) is 11.1 Å². The quantitative estimate of drug-likeness (QED) is 0.868. The summed E-state index contributed by atoms with van der Waals surface area (Å²) >= 11 is 0. The van der Waals surface area contributed by atoms with E-state index in [-0.39, 0.29) is 11.3 Å². The molecule has 0 spiro atoms. The van der Waals surface area contributed by atoms with Gasteiger partial charge in [0.15, 0.2) is 5.76 Å². The van der Waals surface area contributed by atoms with Gasteiger partial charge in [-0.15, -0.1) is 0 Å². The molecule has 114 valence electrons. The van der Waals surface area contributed by atoms with Crippen LogP contribution in [0.5, 0.6) is 0 Å². The first-order chi connectivity index (χ1) is 11.1. The average molecular weight is 305 g/mol. The monoisotopic (exact) mass is 305 g/mol. The highest BCUT2D eigenvalue weighted by molar-refractivity contribution is 6.55. The number of hydrogen-bond donors (Lipinski definition) is 1. The number of ketones is 1. The fraction of sp³-hybridized carbons (Fsp3) is 0.0526. The zero-order valence-corrected chi connectivity index (χ0v) is 12.6. The summed E-state index contributed by atoms with van der Waals surface area (Å²) in [5.74, 6) is -1.56. The molecule has 0 aliphatic carbocycles. The van der Waals surface area contributed by atoms with Crippen molar-refractivity contribution >= 4 is 23.3 Å². The van der Waals surface area contributed by atoms with Crippen molar-refractivity contribution in [3.8, 4) is 0 Å². The number of carbonyl (C=O) groups is 2. The second kappa shape index (κ2) is 5.93. The lowest BCUT2D eigenvalue weighted by molar-refractivity contribution is -0.140. The van der Waals surface area contributed by atoms with E-state index < -0.39 is 11.7 Å². The van der Waals surface area contributed by atoms with E-state index in [0.29, 0.717) is 11.3 Å². The van der Waals surface area contributed by atoms with E-state index in [1.54, 1.807) is 30.3 Å². The molecule has 1 amide bonds. The Morgan fingerprint density at radius 3 is 2.09 bits per heavy atom. The van der Waals surface area contributed by atoms with E-state index in [2.05, 4.69) is 0 Å². The molecule has 4 nitrogen and oxygen atoms in total. The van der Waals surface area contributed by atoms with Crippen molar-refractivity contribution in [2.45, 2.75) is 0 Å². The molecular formula is C19H15NO3. The molecule has 4 heteroatoms. The molecule has 0 saturated heterocycles. The van der Waals surface area contributed by atoms with Crippen LogP contribution in [0.3, 0.4) is 0 Å². The SMILES string of the molecule is CN1C(=O)C(=O)C(c2ccccc2)=C(O)/C1=C/c1ccccc1.